The Bertz CT molecular complexity index is 446. The van der Waals surface area contributed by atoms with Crippen LogP contribution in [0.2, 0.25) is 0 Å². The lowest BCUT2D eigenvalue weighted by molar-refractivity contribution is -0.122. The van der Waals surface area contributed by atoms with Gasteiger partial charge in [-0.05, 0) is 31.5 Å². The number of amides is 2. The van der Waals surface area contributed by atoms with E-state index in [2.05, 4.69) is 26.6 Å². The van der Waals surface area contributed by atoms with Crippen molar-refractivity contribution in [2.24, 2.45) is 0 Å². The molecule has 1 unspecified atom stereocenters. The minimum atomic E-state index is -0.550. The van der Waals surface area contributed by atoms with E-state index in [0.717, 1.165) is 10.0 Å². The molecule has 0 aliphatic heterocycles. The predicted molar refractivity (Wildman–Crippen MR) is 69.9 cm³/mol. The number of hydrogen-bond donors (Lipinski definition) is 2. The van der Waals surface area contributed by atoms with E-state index in [9.17, 15) is 9.59 Å². The number of aryl methyl sites for hydroxylation is 1. The molecule has 0 heterocycles. The van der Waals surface area contributed by atoms with Gasteiger partial charge in [0.25, 0.3) is 5.91 Å². The predicted octanol–water partition coefficient (Wildman–Crippen LogP) is 1.62. The molecular formula is C12H15BrN2O2. The van der Waals surface area contributed by atoms with Gasteiger partial charge in [-0.3, -0.25) is 9.59 Å². The summed E-state index contributed by atoms with van der Waals surface area (Å²) in [5, 5.41) is 5.13. The molecule has 0 radical (unpaired) electrons. The molecule has 17 heavy (non-hydrogen) atoms. The summed E-state index contributed by atoms with van der Waals surface area (Å²) in [5.74, 6) is -0.467. The normalized spacial score (nSPS) is 11.8. The molecule has 1 aromatic rings. The lowest BCUT2D eigenvalue weighted by Gasteiger charge is -2.13. The second-order valence-corrected chi connectivity index (χ2v) is 4.68. The molecule has 0 saturated heterocycles. The Morgan fingerprint density at radius 2 is 2.00 bits per heavy atom. The van der Waals surface area contributed by atoms with Crippen molar-refractivity contribution in [1.82, 2.24) is 10.6 Å². The standard InChI is InChI=1S/C12H15BrN2O2/c1-7-4-5-9(13)6-10(7)12(17)15-8(2)11(16)14-3/h4-6,8H,1-3H3,(H,14,16)(H,15,17). The van der Waals surface area contributed by atoms with Crippen molar-refractivity contribution in [2.45, 2.75) is 19.9 Å². The summed E-state index contributed by atoms with van der Waals surface area (Å²) < 4.78 is 0.834. The van der Waals surface area contributed by atoms with Crippen molar-refractivity contribution in [3.8, 4) is 0 Å². The number of nitrogens with one attached hydrogen (secondary N) is 2. The number of hydrogen-bond acceptors (Lipinski definition) is 2. The minimum absolute atomic E-state index is 0.217. The van der Waals surface area contributed by atoms with Gasteiger partial charge in [-0.2, -0.15) is 0 Å². The van der Waals surface area contributed by atoms with Gasteiger partial charge in [0.15, 0.2) is 0 Å². The van der Waals surface area contributed by atoms with Gasteiger partial charge in [-0.25, -0.2) is 0 Å². The molecule has 92 valence electrons. The van der Waals surface area contributed by atoms with Gasteiger partial charge in [0, 0.05) is 17.1 Å². The minimum Gasteiger partial charge on any atom is -0.357 e. The highest BCUT2D eigenvalue weighted by Crippen LogP contribution is 2.16. The number of rotatable bonds is 3. The van der Waals surface area contributed by atoms with Crippen molar-refractivity contribution < 1.29 is 9.59 Å². The number of carbonyl (C=O) groups excluding carboxylic acids is 2. The lowest BCUT2D eigenvalue weighted by Crippen LogP contribution is -2.43. The topological polar surface area (TPSA) is 58.2 Å². The van der Waals surface area contributed by atoms with E-state index >= 15 is 0 Å². The molecule has 0 saturated carbocycles. The third-order valence-corrected chi connectivity index (χ3v) is 2.92. The van der Waals surface area contributed by atoms with Crippen molar-refractivity contribution in [3.63, 3.8) is 0 Å². The van der Waals surface area contributed by atoms with Gasteiger partial charge < -0.3 is 10.6 Å². The third kappa shape index (κ3) is 3.56. The zero-order valence-electron chi connectivity index (χ0n) is 10.0. The van der Waals surface area contributed by atoms with E-state index in [0.29, 0.717) is 5.56 Å². The zero-order valence-corrected chi connectivity index (χ0v) is 11.6. The first-order chi connectivity index (χ1) is 7.95. The summed E-state index contributed by atoms with van der Waals surface area (Å²) in [6.07, 6.45) is 0. The molecule has 2 N–H and O–H groups in total. The molecule has 0 aliphatic rings. The fraction of sp³-hybridized carbons (Fsp3) is 0.333. The Morgan fingerprint density at radius 1 is 1.35 bits per heavy atom. The first-order valence-electron chi connectivity index (χ1n) is 5.24. The summed E-state index contributed by atoms with van der Waals surface area (Å²) in [6, 6.07) is 4.91. The summed E-state index contributed by atoms with van der Waals surface area (Å²) in [6.45, 7) is 3.50. The van der Waals surface area contributed by atoms with Gasteiger partial charge in [0.1, 0.15) is 6.04 Å². The summed E-state index contributed by atoms with van der Waals surface area (Å²) >= 11 is 3.31. The van der Waals surface area contributed by atoms with Crippen LogP contribution in [0.3, 0.4) is 0 Å². The maximum atomic E-state index is 11.9. The number of halogens is 1. The molecule has 1 aromatic carbocycles. The van der Waals surface area contributed by atoms with Crippen molar-refractivity contribution >= 4 is 27.7 Å². The summed E-state index contributed by atoms with van der Waals surface area (Å²) in [5.41, 5.74) is 1.44. The highest BCUT2D eigenvalue weighted by Gasteiger charge is 2.16. The van der Waals surface area contributed by atoms with Crippen molar-refractivity contribution in [2.75, 3.05) is 7.05 Å². The van der Waals surface area contributed by atoms with Gasteiger partial charge in [0.2, 0.25) is 5.91 Å². The highest BCUT2D eigenvalue weighted by atomic mass is 79.9. The van der Waals surface area contributed by atoms with Gasteiger partial charge in [-0.15, -0.1) is 0 Å². The Labute approximate surface area is 109 Å². The van der Waals surface area contributed by atoms with Crippen LogP contribution in [-0.2, 0) is 4.79 Å². The quantitative estimate of drug-likeness (QED) is 0.891. The number of likely N-dealkylation sites (N-methyl/N-ethyl adjacent to an activating group) is 1. The highest BCUT2D eigenvalue weighted by molar-refractivity contribution is 9.10. The van der Waals surface area contributed by atoms with Crippen LogP contribution in [0.15, 0.2) is 22.7 Å². The molecular weight excluding hydrogens is 284 g/mol. The van der Waals surface area contributed by atoms with E-state index in [-0.39, 0.29) is 11.8 Å². The number of benzene rings is 1. The first kappa shape index (κ1) is 13.7. The molecule has 2 amide bonds. The molecule has 0 fully saturated rings. The SMILES string of the molecule is CNC(=O)C(C)NC(=O)c1cc(Br)ccc1C. The molecule has 5 heteroatoms. The van der Waals surface area contributed by atoms with E-state index in [1.54, 1.807) is 13.0 Å². The second-order valence-electron chi connectivity index (χ2n) is 3.77. The second kappa shape index (κ2) is 5.82. The van der Waals surface area contributed by atoms with Crippen LogP contribution in [0, 0.1) is 6.92 Å². The van der Waals surface area contributed by atoms with E-state index in [1.165, 1.54) is 7.05 Å². The third-order valence-electron chi connectivity index (χ3n) is 2.43. The van der Waals surface area contributed by atoms with Crippen LogP contribution in [-0.4, -0.2) is 24.9 Å². The van der Waals surface area contributed by atoms with Crippen LogP contribution >= 0.6 is 15.9 Å². The Hall–Kier alpha value is -1.36. The largest absolute Gasteiger partial charge is 0.357 e. The Morgan fingerprint density at radius 3 is 2.59 bits per heavy atom. The van der Waals surface area contributed by atoms with Gasteiger partial charge in [-0.1, -0.05) is 22.0 Å². The van der Waals surface area contributed by atoms with E-state index in [1.807, 2.05) is 19.1 Å². The van der Waals surface area contributed by atoms with Crippen LogP contribution < -0.4 is 10.6 Å². The fourth-order valence-electron chi connectivity index (χ4n) is 1.40. The lowest BCUT2D eigenvalue weighted by atomic mass is 10.1. The average molecular weight is 299 g/mol. The molecule has 0 spiro atoms. The van der Waals surface area contributed by atoms with E-state index < -0.39 is 6.04 Å². The van der Waals surface area contributed by atoms with Crippen molar-refractivity contribution in [3.05, 3.63) is 33.8 Å². The molecule has 0 aliphatic carbocycles. The maximum Gasteiger partial charge on any atom is 0.252 e. The summed E-state index contributed by atoms with van der Waals surface area (Å²) in [4.78, 5) is 23.2. The molecule has 1 atom stereocenters. The molecule has 0 bridgehead atoms. The van der Waals surface area contributed by atoms with Crippen LogP contribution in [0.4, 0.5) is 0 Å². The maximum absolute atomic E-state index is 11.9. The molecule has 0 aromatic heterocycles. The first-order valence-corrected chi connectivity index (χ1v) is 6.03. The molecule has 4 nitrogen and oxygen atoms in total. The van der Waals surface area contributed by atoms with Crippen LogP contribution in [0.1, 0.15) is 22.8 Å². The fourth-order valence-corrected chi connectivity index (χ4v) is 1.76. The van der Waals surface area contributed by atoms with Crippen LogP contribution in [0.25, 0.3) is 0 Å². The van der Waals surface area contributed by atoms with Crippen LogP contribution in [0.5, 0.6) is 0 Å². The Balaban J connectivity index is 2.83. The smallest absolute Gasteiger partial charge is 0.252 e. The average Bonchev–Trinajstić information content (AvgIpc) is 2.30. The zero-order chi connectivity index (χ0) is 13.0. The van der Waals surface area contributed by atoms with E-state index in [4.69, 9.17) is 0 Å². The van der Waals surface area contributed by atoms with Gasteiger partial charge in [0.05, 0.1) is 0 Å². The Kier molecular flexibility index (Phi) is 4.69. The van der Waals surface area contributed by atoms with Gasteiger partial charge >= 0.3 is 0 Å². The van der Waals surface area contributed by atoms with Crippen molar-refractivity contribution in [1.29, 1.82) is 0 Å². The molecule has 1 rings (SSSR count). The number of carbonyl (C=O) groups is 2. The monoisotopic (exact) mass is 298 g/mol. The summed E-state index contributed by atoms with van der Waals surface area (Å²) in [7, 11) is 1.54.